The first-order chi connectivity index (χ1) is 11.6. The van der Waals surface area contributed by atoms with Gasteiger partial charge < -0.3 is 15.5 Å². The predicted molar refractivity (Wildman–Crippen MR) is 91.8 cm³/mol. The van der Waals surface area contributed by atoms with Crippen molar-refractivity contribution < 1.29 is 4.79 Å². The van der Waals surface area contributed by atoms with Crippen molar-refractivity contribution in [2.75, 3.05) is 31.1 Å². The lowest BCUT2D eigenvalue weighted by atomic mass is 10.1. The van der Waals surface area contributed by atoms with E-state index in [0.717, 1.165) is 49.6 Å². The van der Waals surface area contributed by atoms with Crippen LogP contribution in [0.3, 0.4) is 0 Å². The normalized spacial score (nSPS) is 16.6. The Morgan fingerprint density at radius 3 is 2.71 bits per heavy atom. The van der Waals surface area contributed by atoms with E-state index in [-0.39, 0.29) is 11.9 Å². The van der Waals surface area contributed by atoms with E-state index in [2.05, 4.69) is 27.1 Å². The highest BCUT2D eigenvalue weighted by Gasteiger charge is 2.25. The molecule has 0 spiro atoms. The number of aryl methyl sites for hydroxylation is 1. The molecule has 3 rings (SSSR count). The zero-order valence-electron chi connectivity index (χ0n) is 14.4. The van der Waals surface area contributed by atoms with Crippen LogP contribution in [0.5, 0.6) is 0 Å². The summed E-state index contributed by atoms with van der Waals surface area (Å²) in [5.74, 6) is 1.72. The van der Waals surface area contributed by atoms with Crippen molar-refractivity contribution in [2.45, 2.75) is 39.2 Å². The molecule has 0 aliphatic carbocycles. The van der Waals surface area contributed by atoms with Crippen molar-refractivity contribution in [1.82, 2.24) is 24.7 Å². The first-order valence-electron chi connectivity index (χ1n) is 8.58. The van der Waals surface area contributed by atoms with Crippen LogP contribution in [-0.4, -0.2) is 62.8 Å². The second kappa shape index (κ2) is 7.12. The third-order valence-electron chi connectivity index (χ3n) is 4.51. The lowest BCUT2D eigenvalue weighted by Gasteiger charge is -2.36. The molecule has 1 fully saturated rings. The fourth-order valence-corrected chi connectivity index (χ4v) is 2.99. The average molecular weight is 331 g/mol. The fraction of sp³-hybridized carbons (Fsp3) is 0.625. The number of rotatable bonds is 5. The van der Waals surface area contributed by atoms with Gasteiger partial charge in [0.25, 0.3) is 0 Å². The number of unbranched alkanes of at least 4 members (excludes halogenated alkanes) is 1. The maximum atomic E-state index is 12.4. The van der Waals surface area contributed by atoms with Gasteiger partial charge in [-0.1, -0.05) is 19.8 Å². The number of carbonyl (C=O) groups excluding carboxylic acids is 1. The number of anilines is 1. The average Bonchev–Trinajstić information content (AvgIpc) is 2.99. The molecule has 1 aliphatic heterocycles. The Balaban J connectivity index is 1.61. The van der Waals surface area contributed by atoms with Gasteiger partial charge >= 0.3 is 0 Å². The summed E-state index contributed by atoms with van der Waals surface area (Å²) in [6.45, 7) is 6.86. The lowest BCUT2D eigenvalue weighted by molar-refractivity contribution is -0.133. The van der Waals surface area contributed by atoms with Gasteiger partial charge in [0.05, 0.1) is 6.04 Å². The molecule has 0 aromatic carbocycles. The fourth-order valence-electron chi connectivity index (χ4n) is 2.99. The topological polar surface area (TPSA) is 92.7 Å². The third kappa shape index (κ3) is 3.33. The molecule has 0 bridgehead atoms. The minimum absolute atomic E-state index is 0.0705. The number of hydrogen-bond donors (Lipinski definition) is 1. The van der Waals surface area contributed by atoms with Crippen molar-refractivity contribution in [3.63, 3.8) is 0 Å². The highest BCUT2D eigenvalue weighted by molar-refractivity contribution is 5.81. The molecule has 8 nitrogen and oxygen atoms in total. The van der Waals surface area contributed by atoms with Gasteiger partial charge in [0.2, 0.25) is 5.91 Å². The van der Waals surface area contributed by atoms with E-state index >= 15 is 0 Å². The van der Waals surface area contributed by atoms with E-state index in [1.807, 2.05) is 24.0 Å². The number of carbonyl (C=O) groups is 1. The first-order valence-corrected chi connectivity index (χ1v) is 8.58. The van der Waals surface area contributed by atoms with E-state index < -0.39 is 0 Å². The van der Waals surface area contributed by atoms with Crippen LogP contribution < -0.4 is 10.6 Å². The van der Waals surface area contributed by atoms with Gasteiger partial charge in [-0.15, -0.1) is 15.3 Å². The molecule has 1 unspecified atom stereocenters. The number of hydrogen-bond acceptors (Lipinski definition) is 6. The molecule has 24 heavy (non-hydrogen) atoms. The molecule has 3 heterocycles. The van der Waals surface area contributed by atoms with Gasteiger partial charge in [0, 0.05) is 26.2 Å². The third-order valence-corrected chi connectivity index (χ3v) is 4.51. The van der Waals surface area contributed by atoms with Crippen molar-refractivity contribution in [3.05, 3.63) is 18.0 Å². The van der Waals surface area contributed by atoms with Gasteiger partial charge in [-0.2, -0.15) is 4.52 Å². The van der Waals surface area contributed by atoms with E-state index in [1.165, 1.54) is 0 Å². The van der Waals surface area contributed by atoms with E-state index in [1.54, 1.807) is 4.52 Å². The molecular weight excluding hydrogens is 306 g/mol. The van der Waals surface area contributed by atoms with Gasteiger partial charge in [0.15, 0.2) is 11.5 Å². The Bertz CT molecular complexity index is 706. The van der Waals surface area contributed by atoms with Crippen LogP contribution in [-0.2, 0) is 4.79 Å². The summed E-state index contributed by atoms with van der Waals surface area (Å²) in [7, 11) is 0. The van der Waals surface area contributed by atoms with Crippen LogP contribution in [0.25, 0.3) is 5.65 Å². The molecule has 2 aromatic rings. The summed E-state index contributed by atoms with van der Waals surface area (Å²) in [6.07, 6.45) is 2.82. The minimum Gasteiger partial charge on any atom is -0.352 e. The summed E-state index contributed by atoms with van der Waals surface area (Å²) in [5, 5.41) is 12.7. The molecule has 1 saturated heterocycles. The number of fused-ring (bicyclic) bond motifs is 1. The first kappa shape index (κ1) is 16.6. The zero-order chi connectivity index (χ0) is 17.1. The lowest BCUT2D eigenvalue weighted by Crippen LogP contribution is -2.53. The molecule has 130 valence electrons. The number of amides is 1. The standard InChI is InChI=1S/C16H25N7O/c1-3-4-5-13(17)16(24)22-10-8-21(9-11-22)15-7-6-14-19-18-12(2)23(14)20-15/h6-7,13H,3-5,8-11,17H2,1-2H3. The quantitative estimate of drug-likeness (QED) is 0.862. The van der Waals surface area contributed by atoms with E-state index in [4.69, 9.17) is 5.73 Å². The number of piperazine rings is 1. The van der Waals surface area contributed by atoms with Crippen molar-refractivity contribution in [2.24, 2.45) is 5.73 Å². The van der Waals surface area contributed by atoms with Gasteiger partial charge in [-0.05, 0) is 25.5 Å². The second-order valence-electron chi connectivity index (χ2n) is 6.27. The molecular formula is C16H25N7O. The molecule has 1 aliphatic rings. The molecule has 0 radical (unpaired) electrons. The van der Waals surface area contributed by atoms with Crippen molar-refractivity contribution in [1.29, 1.82) is 0 Å². The molecule has 1 amide bonds. The zero-order valence-corrected chi connectivity index (χ0v) is 14.4. The molecule has 2 aromatic heterocycles. The SMILES string of the molecule is CCCCC(N)C(=O)N1CCN(c2ccc3nnc(C)n3n2)CC1. The molecule has 1 atom stereocenters. The van der Waals surface area contributed by atoms with Crippen LogP contribution in [0.15, 0.2) is 12.1 Å². The Morgan fingerprint density at radius 1 is 1.25 bits per heavy atom. The van der Waals surface area contributed by atoms with E-state index in [0.29, 0.717) is 13.1 Å². The molecule has 2 N–H and O–H groups in total. The summed E-state index contributed by atoms with van der Waals surface area (Å²) in [5.41, 5.74) is 6.76. The summed E-state index contributed by atoms with van der Waals surface area (Å²) in [4.78, 5) is 16.4. The Kier molecular flexibility index (Phi) is 4.94. The van der Waals surface area contributed by atoms with Gasteiger partial charge in [0.1, 0.15) is 5.82 Å². The summed E-state index contributed by atoms with van der Waals surface area (Å²) >= 11 is 0. The number of nitrogens with two attached hydrogens (primary N) is 1. The summed E-state index contributed by atoms with van der Waals surface area (Å²) < 4.78 is 1.74. The number of nitrogens with zero attached hydrogens (tertiary/aromatic N) is 6. The van der Waals surface area contributed by atoms with Gasteiger partial charge in [-0.25, -0.2) is 0 Å². The van der Waals surface area contributed by atoms with Crippen molar-refractivity contribution in [3.8, 4) is 0 Å². The highest BCUT2D eigenvalue weighted by Crippen LogP contribution is 2.15. The summed E-state index contributed by atoms with van der Waals surface area (Å²) in [6, 6.07) is 3.50. The van der Waals surface area contributed by atoms with Crippen LogP contribution >= 0.6 is 0 Å². The van der Waals surface area contributed by atoms with Gasteiger partial charge in [-0.3, -0.25) is 4.79 Å². The van der Waals surface area contributed by atoms with E-state index in [9.17, 15) is 4.79 Å². The van der Waals surface area contributed by atoms with Crippen LogP contribution in [0.4, 0.5) is 5.82 Å². The largest absolute Gasteiger partial charge is 0.352 e. The maximum Gasteiger partial charge on any atom is 0.239 e. The Hall–Kier alpha value is -2.22. The second-order valence-corrected chi connectivity index (χ2v) is 6.27. The van der Waals surface area contributed by atoms with Crippen LogP contribution in [0.2, 0.25) is 0 Å². The van der Waals surface area contributed by atoms with Crippen molar-refractivity contribution >= 4 is 17.4 Å². The molecule has 8 heteroatoms. The maximum absolute atomic E-state index is 12.4. The smallest absolute Gasteiger partial charge is 0.239 e. The monoisotopic (exact) mass is 331 g/mol. The Labute approximate surface area is 141 Å². The predicted octanol–water partition coefficient (Wildman–Crippen LogP) is 0.599. The molecule has 0 saturated carbocycles. The Morgan fingerprint density at radius 2 is 2.00 bits per heavy atom. The van der Waals surface area contributed by atoms with Crippen LogP contribution in [0.1, 0.15) is 32.0 Å². The van der Waals surface area contributed by atoms with Crippen LogP contribution in [0, 0.1) is 6.92 Å². The number of aromatic nitrogens is 4. The highest BCUT2D eigenvalue weighted by atomic mass is 16.2. The minimum atomic E-state index is -0.370.